The lowest BCUT2D eigenvalue weighted by atomic mass is 10.0. The first-order valence-electron chi connectivity index (χ1n) is 10.3. The molecule has 2 aromatic heterocycles. The minimum atomic E-state index is -0.590. The number of thiophene rings is 1. The number of hydrogen-bond donors (Lipinski definition) is 0. The van der Waals surface area contributed by atoms with Crippen molar-refractivity contribution in [1.29, 1.82) is 0 Å². The second-order valence-electron chi connectivity index (χ2n) is 7.66. The number of nitrogens with zero attached hydrogens (tertiary/aromatic N) is 2. The number of thiazole rings is 1. The van der Waals surface area contributed by atoms with E-state index in [9.17, 15) is 9.59 Å². The lowest BCUT2D eigenvalue weighted by Crippen LogP contribution is -2.39. The quantitative estimate of drug-likeness (QED) is 0.502. The molecule has 1 aromatic carbocycles. The molecular weight excluding hydrogens is 460 g/mol. The highest BCUT2D eigenvalue weighted by Crippen LogP contribution is 2.33. The number of allylic oxidation sites excluding steroid dienone is 1. The molecule has 0 spiro atoms. The molecule has 33 heavy (non-hydrogen) atoms. The monoisotopic (exact) mass is 484 g/mol. The summed E-state index contributed by atoms with van der Waals surface area (Å²) in [7, 11) is 3.15. The number of rotatable bonds is 6. The van der Waals surface area contributed by atoms with Crippen LogP contribution in [0.1, 0.15) is 37.3 Å². The molecule has 3 heterocycles. The van der Waals surface area contributed by atoms with Crippen molar-refractivity contribution in [2.75, 3.05) is 14.2 Å². The number of carbonyl (C=O) groups excluding carboxylic acids is 1. The van der Waals surface area contributed by atoms with Gasteiger partial charge in [0, 0.05) is 16.5 Å². The number of carbonyl (C=O) groups is 1. The fourth-order valence-electron chi connectivity index (χ4n) is 3.66. The summed E-state index contributed by atoms with van der Waals surface area (Å²) in [5.74, 6) is 0.787. The number of hydrogen-bond acceptors (Lipinski definition) is 8. The van der Waals surface area contributed by atoms with Crippen LogP contribution in [0.2, 0.25) is 0 Å². The maximum Gasteiger partial charge on any atom is 0.338 e. The van der Waals surface area contributed by atoms with Gasteiger partial charge < -0.3 is 14.2 Å². The lowest BCUT2D eigenvalue weighted by Gasteiger charge is -2.24. The van der Waals surface area contributed by atoms with Gasteiger partial charge in [-0.25, -0.2) is 9.79 Å². The first-order chi connectivity index (χ1) is 15.8. The molecule has 1 atom stereocenters. The molecule has 1 unspecified atom stereocenters. The van der Waals surface area contributed by atoms with E-state index in [-0.39, 0.29) is 11.7 Å². The summed E-state index contributed by atoms with van der Waals surface area (Å²) in [6.07, 6.45) is 1.49. The van der Waals surface area contributed by atoms with Gasteiger partial charge in [-0.3, -0.25) is 9.36 Å². The van der Waals surface area contributed by atoms with Crippen LogP contribution in [0.25, 0.3) is 6.08 Å². The summed E-state index contributed by atoms with van der Waals surface area (Å²) in [5.41, 5.74) is 1.45. The maximum absolute atomic E-state index is 13.6. The number of aromatic nitrogens is 1. The van der Waals surface area contributed by atoms with Crippen LogP contribution in [-0.2, 0) is 9.53 Å². The molecule has 0 amide bonds. The van der Waals surface area contributed by atoms with E-state index in [1.807, 2.05) is 29.6 Å². The summed E-state index contributed by atoms with van der Waals surface area (Å²) in [6.45, 7) is 5.37. The van der Waals surface area contributed by atoms with Crippen LogP contribution in [0.5, 0.6) is 11.5 Å². The van der Waals surface area contributed by atoms with Gasteiger partial charge in [-0.2, -0.15) is 0 Å². The van der Waals surface area contributed by atoms with Gasteiger partial charge in [0.2, 0.25) is 0 Å². The minimum absolute atomic E-state index is 0.225. The number of ether oxygens (including phenoxy) is 3. The Morgan fingerprint density at radius 2 is 2.00 bits per heavy atom. The van der Waals surface area contributed by atoms with Crippen molar-refractivity contribution in [2.45, 2.75) is 32.9 Å². The zero-order valence-electron chi connectivity index (χ0n) is 18.9. The van der Waals surface area contributed by atoms with Crippen LogP contribution in [0, 0.1) is 0 Å². The predicted octanol–water partition coefficient (Wildman–Crippen LogP) is 3.27. The number of methoxy groups -OCH3 is 2. The molecular formula is C24H24N2O5S2. The maximum atomic E-state index is 13.6. The van der Waals surface area contributed by atoms with Crippen LogP contribution in [-0.4, -0.2) is 30.9 Å². The molecule has 0 saturated carbocycles. The van der Waals surface area contributed by atoms with Gasteiger partial charge in [-0.1, -0.05) is 17.4 Å². The predicted molar refractivity (Wildman–Crippen MR) is 129 cm³/mol. The standard InChI is InChI=1S/C24H24N2O5S2/c1-13(2)31-23(28)20-14(3)25-24-26(21(20)18-7-6-10-32-18)22(27)19(33-24)11-15-8-9-16(29-4)12-17(15)30-5/h6-13,21H,1-5H3. The second-order valence-corrected chi connectivity index (χ2v) is 9.65. The fourth-order valence-corrected chi connectivity index (χ4v) is 5.52. The molecule has 0 radical (unpaired) electrons. The SMILES string of the molecule is COc1ccc(C=c2sc3n(c2=O)C(c2cccs2)C(C(=O)OC(C)C)=C(C)N=3)c(OC)c1. The Hall–Kier alpha value is -3.17. The van der Waals surface area contributed by atoms with Crippen molar-refractivity contribution in [3.63, 3.8) is 0 Å². The molecule has 0 aliphatic carbocycles. The fraction of sp³-hybridized carbons (Fsp3) is 0.292. The van der Waals surface area contributed by atoms with Crippen LogP contribution in [0.3, 0.4) is 0 Å². The van der Waals surface area contributed by atoms with E-state index in [0.29, 0.717) is 32.1 Å². The van der Waals surface area contributed by atoms with E-state index in [1.54, 1.807) is 51.7 Å². The van der Waals surface area contributed by atoms with Crippen molar-refractivity contribution >= 4 is 34.7 Å². The van der Waals surface area contributed by atoms with E-state index in [0.717, 1.165) is 10.4 Å². The average Bonchev–Trinajstić information content (AvgIpc) is 3.41. The van der Waals surface area contributed by atoms with Crippen molar-refractivity contribution in [3.05, 3.63) is 77.1 Å². The van der Waals surface area contributed by atoms with Gasteiger partial charge in [0.25, 0.3) is 5.56 Å². The van der Waals surface area contributed by atoms with Gasteiger partial charge in [-0.05, 0) is 50.4 Å². The summed E-state index contributed by atoms with van der Waals surface area (Å²) < 4.78 is 18.3. The third kappa shape index (κ3) is 4.38. The third-order valence-corrected chi connectivity index (χ3v) is 7.03. The minimum Gasteiger partial charge on any atom is -0.497 e. The Kier molecular flexibility index (Phi) is 6.53. The van der Waals surface area contributed by atoms with Gasteiger partial charge in [-0.15, -0.1) is 11.3 Å². The smallest absolute Gasteiger partial charge is 0.338 e. The van der Waals surface area contributed by atoms with E-state index in [2.05, 4.69) is 4.99 Å². The van der Waals surface area contributed by atoms with Gasteiger partial charge >= 0.3 is 5.97 Å². The summed E-state index contributed by atoms with van der Waals surface area (Å²) in [5, 5.41) is 1.92. The van der Waals surface area contributed by atoms with Crippen molar-refractivity contribution in [2.24, 2.45) is 4.99 Å². The summed E-state index contributed by atoms with van der Waals surface area (Å²) >= 11 is 2.76. The molecule has 1 aliphatic heterocycles. The van der Waals surface area contributed by atoms with Crippen LogP contribution >= 0.6 is 22.7 Å². The highest BCUT2D eigenvalue weighted by molar-refractivity contribution is 7.10. The lowest BCUT2D eigenvalue weighted by molar-refractivity contribution is -0.143. The van der Waals surface area contributed by atoms with Crippen LogP contribution < -0.4 is 24.4 Å². The number of esters is 1. The Morgan fingerprint density at radius 1 is 1.21 bits per heavy atom. The van der Waals surface area contributed by atoms with Gasteiger partial charge in [0.15, 0.2) is 4.80 Å². The Labute approximate surface area is 198 Å². The Morgan fingerprint density at radius 3 is 2.64 bits per heavy atom. The first-order valence-corrected chi connectivity index (χ1v) is 12.0. The average molecular weight is 485 g/mol. The topological polar surface area (TPSA) is 79.1 Å². The molecule has 3 aromatic rings. The Bertz CT molecular complexity index is 1400. The first kappa shape index (κ1) is 23.0. The van der Waals surface area contributed by atoms with Crippen LogP contribution in [0.15, 0.2) is 56.8 Å². The van der Waals surface area contributed by atoms with E-state index in [4.69, 9.17) is 14.2 Å². The molecule has 4 rings (SSSR count). The Balaban J connectivity index is 1.91. The number of benzene rings is 1. The molecule has 0 N–H and O–H groups in total. The highest BCUT2D eigenvalue weighted by Gasteiger charge is 2.34. The van der Waals surface area contributed by atoms with Crippen LogP contribution in [0.4, 0.5) is 0 Å². The van der Waals surface area contributed by atoms with E-state index < -0.39 is 12.0 Å². The van der Waals surface area contributed by atoms with E-state index >= 15 is 0 Å². The third-order valence-electron chi connectivity index (χ3n) is 5.12. The van der Waals surface area contributed by atoms with Crippen molar-refractivity contribution in [3.8, 4) is 11.5 Å². The zero-order valence-corrected chi connectivity index (χ0v) is 20.6. The zero-order chi connectivity index (χ0) is 23.7. The normalized spacial score (nSPS) is 15.9. The van der Waals surface area contributed by atoms with E-state index in [1.165, 1.54) is 22.7 Å². The molecule has 172 valence electrons. The summed E-state index contributed by atoms with van der Waals surface area (Å²) in [4.78, 5) is 32.6. The summed E-state index contributed by atoms with van der Waals surface area (Å²) in [6, 6.07) is 8.64. The number of fused-ring (bicyclic) bond motifs is 1. The van der Waals surface area contributed by atoms with Gasteiger partial charge in [0.05, 0.1) is 36.1 Å². The van der Waals surface area contributed by atoms with Gasteiger partial charge in [0.1, 0.15) is 17.5 Å². The largest absolute Gasteiger partial charge is 0.497 e. The molecule has 7 nitrogen and oxygen atoms in total. The second kappa shape index (κ2) is 9.36. The van der Waals surface area contributed by atoms with Crippen molar-refractivity contribution in [1.82, 2.24) is 4.57 Å². The molecule has 9 heteroatoms. The highest BCUT2D eigenvalue weighted by atomic mass is 32.1. The van der Waals surface area contributed by atoms with Crippen molar-refractivity contribution < 1.29 is 19.0 Å². The molecule has 1 aliphatic rings. The molecule has 0 saturated heterocycles. The molecule has 0 fully saturated rings. The molecule has 0 bridgehead atoms.